The van der Waals surface area contributed by atoms with Crippen molar-refractivity contribution in [2.75, 3.05) is 13.2 Å². The standard InChI is InChI=1S/C20H30O7S/c1-12-4-5-16-19(2,8-6-17(22)20(16,3)11-21)14(12)10-15(28(24,25)26)13-7-9-27-18(13)23/h7,14-17,21-22H,1,4-6,8-11H2,2-3H3,(H,24,25,26)/t14-,15?,16+,17-,19+,20+/m1/s1. The molecule has 0 aromatic rings. The molecule has 1 heterocycles. The highest BCUT2D eigenvalue weighted by atomic mass is 32.2. The molecule has 1 aliphatic heterocycles. The molecule has 0 aromatic heterocycles. The van der Waals surface area contributed by atoms with E-state index in [1.54, 1.807) is 0 Å². The summed E-state index contributed by atoms with van der Waals surface area (Å²) in [5.74, 6) is -1.02. The number of allylic oxidation sites excluding steroid dienone is 1. The van der Waals surface area contributed by atoms with Crippen LogP contribution in [0.25, 0.3) is 0 Å². The van der Waals surface area contributed by atoms with E-state index in [2.05, 4.69) is 13.5 Å². The maximum absolute atomic E-state index is 12.1. The molecular weight excluding hydrogens is 384 g/mol. The van der Waals surface area contributed by atoms with Crippen molar-refractivity contribution in [2.45, 2.75) is 57.3 Å². The SMILES string of the molecule is C=C1CC[C@@H]2[C@](C)(CO)[C@H](O)CC[C@@]2(C)[C@@H]1CC(C1=CCOC1=O)S(=O)(=O)O. The van der Waals surface area contributed by atoms with E-state index < -0.39 is 38.3 Å². The fraction of sp³-hybridized carbons (Fsp3) is 0.750. The summed E-state index contributed by atoms with van der Waals surface area (Å²) >= 11 is 0. The molecule has 0 bridgehead atoms. The Balaban J connectivity index is 1.99. The van der Waals surface area contributed by atoms with Crippen LogP contribution in [0.2, 0.25) is 0 Å². The van der Waals surface area contributed by atoms with Gasteiger partial charge >= 0.3 is 5.97 Å². The smallest absolute Gasteiger partial charge is 0.335 e. The van der Waals surface area contributed by atoms with Gasteiger partial charge in [0.25, 0.3) is 10.1 Å². The van der Waals surface area contributed by atoms with E-state index in [9.17, 15) is 28.0 Å². The van der Waals surface area contributed by atoms with Crippen molar-refractivity contribution in [3.05, 3.63) is 23.8 Å². The van der Waals surface area contributed by atoms with Gasteiger partial charge in [-0.15, -0.1) is 0 Å². The zero-order chi connectivity index (χ0) is 20.9. The number of hydrogen-bond acceptors (Lipinski definition) is 6. The summed E-state index contributed by atoms with van der Waals surface area (Å²) in [4.78, 5) is 12.0. The highest BCUT2D eigenvalue weighted by molar-refractivity contribution is 7.86. The van der Waals surface area contributed by atoms with Gasteiger partial charge in [-0.2, -0.15) is 8.42 Å². The van der Waals surface area contributed by atoms with Crippen molar-refractivity contribution < 1.29 is 32.7 Å². The van der Waals surface area contributed by atoms with Gasteiger partial charge in [0.15, 0.2) is 0 Å². The third-order valence-corrected chi connectivity index (χ3v) is 8.77. The van der Waals surface area contributed by atoms with Crippen LogP contribution in [0.1, 0.15) is 46.0 Å². The Morgan fingerprint density at radius 3 is 2.57 bits per heavy atom. The number of aliphatic hydroxyl groups excluding tert-OH is 2. The van der Waals surface area contributed by atoms with Crippen molar-refractivity contribution in [3.8, 4) is 0 Å². The Labute approximate surface area is 166 Å². The monoisotopic (exact) mass is 414 g/mol. The minimum atomic E-state index is -4.52. The van der Waals surface area contributed by atoms with Gasteiger partial charge in [-0.25, -0.2) is 4.79 Å². The van der Waals surface area contributed by atoms with Crippen LogP contribution in [-0.2, 0) is 19.6 Å². The summed E-state index contributed by atoms with van der Waals surface area (Å²) in [6, 6.07) is 0. The molecule has 0 amide bonds. The first-order valence-corrected chi connectivity index (χ1v) is 11.3. The van der Waals surface area contributed by atoms with Crippen molar-refractivity contribution in [1.29, 1.82) is 0 Å². The third kappa shape index (κ3) is 3.34. The van der Waals surface area contributed by atoms with E-state index >= 15 is 0 Å². The molecule has 0 spiro atoms. The highest BCUT2D eigenvalue weighted by Gasteiger charge is 2.58. The third-order valence-electron chi connectivity index (χ3n) is 7.60. The summed E-state index contributed by atoms with van der Waals surface area (Å²) in [6.07, 6.45) is 3.36. The molecule has 3 N–H and O–H groups in total. The second kappa shape index (κ2) is 7.23. The Morgan fingerprint density at radius 2 is 2.04 bits per heavy atom. The number of ether oxygens (including phenoxy) is 1. The number of cyclic esters (lactones) is 1. The number of rotatable bonds is 5. The quantitative estimate of drug-likeness (QED) is 0.357. The minimum Gasteiger partial charge on any atom is -0.458 e. The highest BCUT2D eigenvalue weighted by Crippen LogP contribution is 2.62. The molecular formula is C20H30O7S. The molecule has 2 aliphatic carbocycles. The number of hydrogen-bond donors (Lipinski definition) is 3. The molecule has 3 aliphatic rings. The molecule has 3 rings (SSSR count). The molecule has 8 heteroatoms. The normalized spacial score (nSPS) is 39.9. The summed E-state index contributed by atoms with van der Waals surface area (Å²) < 4.78 is 39.0. The fourth-order valence-corrected chi connectivity index (χ4v) is 6.84. The zero-order valence-corrected chi connectivity index (χ0v) is 17.2. The summed E-state index contributed by atoms with van der Waals surface area (Å²) in [6.45, 7) is 7.94. The number of fused-ring (bicyclic) bond motifs is 1. The van der Waals surface area contributed by atoms with E-state index in [0.717, 1.165) is 12.0 Å². The molecule has 0 saturated heterocycles. The van der Waals surface area contributed by atoms with E-state index in [1.807, 2.05) is 6.92 Å². The predicted molar refractivity (Wildman–Crippen MR) is 103 cm³/mol. The number of aliphatic hydroxyl groups is 2. The van der Waals surface area contributed by atoms with Crippen LogP contribution in [0, 0.1) is 22.7 Å². The second-order valence-corrected chi connectivity index (χ2v) is 10.6. The maximum atomic E-state index is 12.1. The average molecular weight is 415 g/mol. The maximum Gasteiger partial charge on any atom is 0.335 e. The lowest BCUT2D eigenvalue weighted by Gasteiger charge is -2.60. The first-order valence-electron chi connectivity index (χ1n) is 9.75. The van der Waals surface area contributed by atoms with Crippen LogP contribution in [0.4, 0.5) is 0 Å². The van der Waals surface area contributed by atoms with E-state index in [4.69, 9.17) is 4.74 Å². The molecule has 1 unspecified atom stereocenters. The van der Waals surface area contributed by atoms with E-state index in [-0.39, 0.29) is 37.0 Å². The van der Waals surface area contributed by atoms with Crippen molar-refractivity contribution in [2.24, 2.45) is 22.7 Å². The molecule has 0 radical (unpaired) electrons. The van der Waals surface area contributed by atoms with Crippen molar-refractivity contribution >= 4 is 16.1 Å². The van der Waals surface area contributed by atoms with E-state index in [0.29, 0.717) is 19.3 Å². The predicted octanol–water partition coefficient (Wildman–Crippen LogP) is 1.86. The second-order valence-electron chi connectivity index (χ2n) is 9.02. The van der Waals surface area contributed by atoms with Crippen LogP contribution in [0.3, 0.4) is 0 Å². The first kappa shape index (κ1) is 21.5. The summed E-state index contributed by atoms with van der Waals surface area (Å²) in [5, 5.41) is 19.3. The zero-order valence-electron chi connectivity index (χ0n) is 16.4. The molecule has 7 nitrogen and oxygen atoms in total. The lowest BCUT2D eigenvalue weighted by molar-refractivity contribution is -0.152. The van der Waals surface area contributed by atoms with Gasteiger partial charge in [0.2, 0.25) is 0 Å². The van der Waals surface area contributed by atoms with Crippen molar-refractivity contribution in [1.82, 2.24) is 0 Å². The molecule has 158 valence electrons. The Bertz CT molecular complexity index is 801. The lowest BCUT2D eigenvalue weighted by Crippen LogP contribution is -2.57. The van der Waals surface area contributed by atoms with Crippen LogP contribution in [0.15, 0.2) is 23.8 Å². The van der Waals surface area contributed by atoms with Gasteiger partial charge in [-0.1, -0.05) is 26.0 Å². The summed E-state index contributed by atoms with van der Waals surface area (Å²) in [7, 11) is -4.52. The van der Waals surface area contributed by atoms with Gasteiger partial charge in [-0.3, -0.25) is 4.55 Å². The van der Waals surface area contributed by atoms with Gasteiger partial charge in [0, 0.05) is 5.41 Å². The van der Waals surface area contributed by atoms with Crippen LogP contribution >= 0.6 is 0 Å². The van der Waals surface area contributed by atoms with Gasteiger partial charge in [0.1, 0.15) is 11.9 Å². The average Bonchev–Trinajstić information content (AvgIpc) is 3.02. The molecule has 0 aromatic carbocycles. The Kier molecular flexibility index (Phi) is 5.55. The van der Waals surface area contributed by atoms with Crippen LogP contribution < -0.4 is 0 Å². The van der Waals surface area contributed by atoms with Gasteiger partial charge < -0.3 is 14.9 Å². The molecule has 28 heavy (non-hydrogen) atoms. The molecule has 6 atom stereocenters. The number of carbonyl (C=O) groups excluding carboxylic acids is 1. The molecule has 2 saturated carbocycles. The van der Waals surface area contributed by atoms with Gasteiger partial charge in [0.05, 0.1) is 18.3 Å². The van der Waals surface area contributed by atoms with Crippen molar-refractivity contribution in [3.63, 3.8) is 0 Å². The number of esters is 1. The van der Waals surface area contributed by atoms with Gasteiger partial charge in [-0.05, 0) is 55.4 Å². The largest absolute Gasteiger partial charge is 0.458 e. The first-order chi connectivity index (χ1) is 12.9. The Hall–Kier alpha value is -1.22. The van der Waals surface area contributed by atoms with E-state index in [1.165, 1.54) is 6.08 Å². The molecule has 2 fully saturated rings. The lowest BCUT2D eigenvalue weighted by atomic mass is 9.46. The minimum absolute atomic E-state index is 0.000465. The van der Waals surface area contributed by atoms with Crippen LogP contribution in [-0.4, -0.2) is 53.7 Å². The summed E-state index contributed by atoms with van der Waals surface area (Å²) in [5.41, 5.74) is -0.235. The fourth-order valence-electron chi connectivity index (χ4n) is 5.90. The number of carbonyl (C=O) groups is 1. The Morgan fingerprint density at radius 1 is 1.36 bits per heavy atom. The van der Waals surface area contributed by atoms with Crippen LogP contribution in [0.5, 0.6) is 0 Å². The topological polar surface area (TPSA) is 121 Å².